The normalized spacial score (nSPS) is 11.6. The number of benzene rings is 4. The van der Waals surface area contributed by atoms with Gasteiger partial charge in [-0.1, -0.05) is 61.7 Å². The van der Waals surface area contributed by atoms with Crippen molar-refractivity contribution < 1.29 is 28.7 Å². The largest absolute Gasteiger partial charge is 0.462 e. The summed E-state index contributed by atoms with van der Waals surface area (Å²) in [5.41, 5.74) is 6.57. The molecule has 1 aliphatic rings. The minimum Gasteiger partial charge on any atom is -0.462 e. The predicted octanol–water partition coefficient (Wildman–Crippen LogP) is 7.27. The van der Waals surface area contributed by atoms with Gasteiger partial charge in [0.05, 0.1) is 30.2 Å². The van der Waals surface area contributed by atoms with Crippen molar-refractivity contribution in [2.24, 2.45) is 0 Å². The molecule has 0 saturated heterocycles. The van der Waals surface area contributed by atoms with Gasteiger partial charge in [-0.15, -0.1) is 0 Å². The van der Waals surface area contributed by atoms with Gasteiger partial charge in [-0.05, 0) is 61.4 Å². The molecule has 5 rings (SSSR count). The van der Waals surface area contributed by atoms with Crippen molar-refractivity contribution in [1.82, 2.24) is 0 Å². The average molecular weight is 615 g/mol. The van der Waals surface area contributed by atoms with E-state index in [2.05, 4.69) is 23.8 Å². The fourth-order valence-corrected chi connectivity index (χ4v) is 5.00. The third kappa shape index (κ3) is 7.13. The summed E-state index contributed by atoms with van der Waals surface area (Å²) < 4.78 is 10.4. The Morgan fingerprint density at radius 2 is 1.09 bits per heavy atom. The molecule has 0 aliphatic heterocycles. The third-order valence-electron chi connectivity index (χ3n) is 7.49. The first-order valence-electron chi connectivity index (χ1n) is 14.8. The van der Waals surface area contributed by atoms with Gasteiger partial charge in [0.2, 0.25) is 0 Å². The van der Waals surface area contributed by atoms with Crippen LogP contribution < -0.4 is 10.6 Å². The standard InChI is InChI=1S/C38H34N2O6/c1-23(2)37(43)45-21-19-25-9-13-27(14-10-25)39-32-18-17-31-33(36(42)30-8-6-5-7-29(30)35(31)41)34(32)40-28-15-11-26(12-16-28)20-22-46-38(44)24(3)4/h5-18,39-40H,1,3,19-22H2,2,4H3. The summed E-state index contributed by atoms with van der Waals surface area (Å²) in [6, 6.07) is 25.5. The van der Waals surface area contributed by atoms with E-state index in [9.17, 15) is 19.2 Å². The minimum atomic E-state index is -0.424. The number of anilines is 4. The van der Waals surface area contributed by atoms with Gasteiger partial charge in [0.1, 0.15) is 0 Å². The molecule has 0 spiro atoms. The van der Waals surface area contributed by atoms with Crippen molar-refractivity contribution in [3.63, 3.8) is 0 Å². The fourth-order valence-electron chi connectivity index (χ4n) is 5.00. The van der Waals surface area contributed by atoms with Gasteiger partial charge in [-0.3, -0.25) is 9.59 Å². The zero-order chi connectivity index (χ0) is 32.8. The predicted molar refractivity (Wildman–Crippen MR) is 178 cm³/mol. The molecule has 4 aromatic rings. The van der Waals surface area contributed by atoms with Crippen LogP contribution in [0.15, 0.2) is 109 Å². The molecule has 0 saturated carbocycles. The van der Waals surface area contributed by atoms with Gasteiger partial charge in [0, 0.05) is 52.1 Å². The zero-order valence-electron chi connectivity index (χ0n) is 25.8. The lowest BCUT2D eigenvalue weighted by Crippen LogP contribution is -2.22. The van der Waals surface area contributed by atoms with Gasteiger partial charge in [-0.25, -0.2) is 9.59 Å². The molecular weight excluding hydrogens is 580 g/mol. The second kappa shape index (κ2) is 13.9. The number of hydrogen-bond acceptors (Lipinski definition) is 8. The van der Waals surface area contributed by atoms with Crippen molar-refractivity contribution in [2.75, 3.05) is 23.8 Å². The molecule has 2 N–H and O–H groups in total. The lowest BCUT2D eigenvalue weighted by Gasteiger charge is -2.24. The summed E-state index contributed by atoms with van der Waals surface area (Å²) in [7, 11) is 0. The highest BCUT2D eigenvalue weighted by Crippen LogP contribution is 2.39. The highest BCUT2D eigenvalue weighted by Gasteiger charge is 2.33. The average Bonchev–Trinajstić information content (AvgIpc) is 3.05. The number of carbonyl (C=O) groups is 4. The molecule has 0 bridgehead atoms. The summed E-state index contributed by atoms with van der Waals surface area (Å²) in [4.78, 5) is 50.7. The van der Waals surface area contributed by atoms with E-state index in [4.69, 9.17) is 9.47 Å². The van der Waals surface area contributed by atoms with Crippen molar-refractivity contribution in [3.8, 4) is 0 Å². The Labute approximate surface area is 267 Å². The lowest BCUT2D eigenvalue weighted by atomic mass is 9.82. The summed E-state index contributed by atoms with van der Waals surface area (Å²) >= 11 is 0. The topological polar surface area (TPSA) is 111 Å². The summed E-state index contributed by atoms with van der Waals surface area (Å²) in [5, 5.41) is 6.79. The molecule has 0 amide bonds. The Morgan fingerprint density at radius 3 is 1.59 bits per heavy atom. The Bertz CT molecular complexity index is 1860. The number of nitrogens with one attached hydrogen (secondary N) is 2. The number of carbonyl (C=O) groups excluding carboxylic acids is 4. The first-order chi connectivity index (χ1) is 22.1. The molecule has 46 heavy (non-hydrogen) atoms. The van der Waals surface area contributed by atoms with E-state index in [0.717, 1.165) is 16.8 Å². The van der Waals surface area contributed by atoms with Crippen molar-refractivity contribution >= 4 is 46.3 Å². The van der Waals surface area contributed by atoms with Gasteiger partial charge in [0.25, 0.3) is 0 Å². The van der Waals surface area contributed by atoms with Crippen LogP contribution in [0, 0.1) is 0 Å². The number of rotatable bonds is 12. The van der Waals surface area contributed by atoms with E-state index < -0.39 is 11.9 Å². The van der Waals surface area contributed by atoms with Gasteiger partial charge in [-0.2, -0.15) is 0 Å². The highest BCUT2D eigenvalue weighted by atomic mass is 16.5. The summed E-state index contributed by atoms with van der Waals surface area (Å²) in [6.07, 6.45) is 1.08. The van der Waals surface area contributed by atoms with Crippen LogP contribution in [0.25, 0.3) is 0 Å². The van der Waals surface area contributed by atoms with Crippen LogP contribution in [0.4, 0.5) is 22.7 Å². The van der Waals surface area contributed by atoms with Crippen LogP contribution in [0.1, 0.15) is 56.8 Å². The molecule has 4 aromatic carbocycles. The van der Waals surface area contributed by atoms with Crippen LogP contribution in [0.2, 0.25) is 0 Å². The molecule has 0 atom stereocenters. The first-order valence-corrected chi connectivity index (χ1v) is 14.8. The Hall–Kier alpha value is -5.76. The van der Waals surface area contributed by atoms with Gasteiger partial charge >= 0.3 is 11.9 Å². The van der Waals surface area contributed by atoms with Crippen molar-refractivity contribution in [2.45, 2.75) is 26.7 Å². The lowest BCUT2D eigenvalue weighted by molar-refractivity contribution is -0.139. The molecule has 0 fully saturated rings. The minimum absolute atomic E-state index is 0.212. The number of ketones is 2. The first kappa shape index (κ1) is 31.7. The smallest absolute Gasteiger partial charge is 0.333 e. The van der Waals surface area contributed by atoms with E-state index in [0.29, 0.717) is 63.3 Å². The van der Waals surface area contributed by atoms with E-state index in [1.807, 2.05) is 48.5 Å². The highest BCUT2D eigenvalue weighted by molar-refractivity contribution is 6.31. The Kier molecular flexibility index (Phi) is 9.57. The zero-order valence-corrected chi connectivity index (χ0v) is 25.8. The molecule has 1 aliphatic carbocycles. The molecule has 0 unspecified atom stereocenters. The fraction of sp³-hybridized carbons (Fsp3) is 0.158. The van der Waals surface area contributed by atoms with Crippen molar-refractivity contribution in [3.05, 3.63) is 143 Å². The van der Waals surface area contributed by atoms with Gasteiger partial charge in [0.15, 0.2) is 11.6 Å². The molecule has 232 valence electrons. The molecule has 0 heterocycles. The maximum atomic E-state index is 13.9. The van der Waals surface area contributed by atoms with Crippen LogP contribution in [-0.4, -0.2) is 36.7 Å². The van der Waals surface area contributed by atoms with Gasteiger partial charge < -0.3 is 20.1 Å². The second-order valence-electron chi connectivity index (χ2n) is 11.1. The number of ether oxygens (including phenoxy) is 2. The van der Waals surface area contributed by atoms with E-state index in [1.54, 1.807) is 50.2 Å². The van der Waals surface area contributed by atoms with Crippen LogP contribution >= 0.6 is 0 Å². The molecule has 0 aromatic heterocycles. The van der Waals surface area contributed by atoms with E-state index in [1.165, 1.54) is 0 Å². The maximum Gasteiger partial charge on any atom is 0.333 e. The van der Waals surface area contributed by atoms with Crippen LogP contribution in [0.3, 0.4) is 0 Å². The third-order valence-corrected chi connectivity index (χ3v) is 7.49. The molecular formula is C38H34N2O6. The Balaban J connectivity index is 1.41. The molecule has 8 nitrogen and oxygen atoms in total. The monoisotopic (exact) mass is 614 g/mol. The maximum absolute atomic E-state index is 13.9. The summed E-state index contributed by atoms with van der Waals surface area (Å²) in [6.45, 7) is 10.9. The number of esters is 2. The second-order valence-corrected chi connectivity index (χ2v) is 11.1. The number of fused-ring (bicyclic) bond motifs is 2. The quantitative estimate of drug-likeness (QED) is 0.112. The Morgan fingerprint density at radius 1 is 0.609 bits per heavy atom. The molecule has 0 radical (unpaired) electrons. The van der Waals surface area contributed by atoms with Crippen LogP contribution in [-0.2, 0) is 31.9 Å². The van der Waals surface area contributed by atoms with Crippen molar-refractivity contribution in [1.29, 1.82) is 0 Å². The molecule has 8 heteroatoms. The SMILES string of the molecule is C=C(C)C(=O)OCCc1ccc(Nc2ccc3c(c2Nc2ccc(CCOC(=O)C(=C)C)cc2)C(=O)c2ccccc2C3=O)cc1. The van der Waals surface area contributed by atoms with Crippen LogP contribution in [0.5, 0.6) is 0 Å². The van der Waals surface area contributed by atoms with E-state index in [-0.39, 0.29) is 24.8 Å². The number of hydrogen-bond donors (Lipinski definition) is 2. The summed E-state index contributed by atoms with van der Waals surface area (Å²) in [5.74, 6) is -1.30. The van der Waals surface area contributed by atoms with E-state index >= 15 is 0 Å².